The molecule has 1 amide bonds. The van der Waals surface area contributed by atoms with Crippen LogP contribution in [0.4, 0.5) is 29.1 Å². The predicted octanol–water partition coefficient (Wildman–Crippen LogP) is 3.76. The molecule has 1 aromatic heterocycles. The molecule has 3 rings (SSSR count). The third-order valence-electron chi connectivity index (χ3n) is 4.96. The summed E-state index contributed by atoms with van der Waals surface area (Å²) < 4.78 is 66.4. The second-order valence-corrected chi connectivity index (χ2v) is 9.09. The van der Waals surface area contributed by atoms with Crippen molar-refractivity contribution in [1.29, 1.82) is 5.26 Å². The number of anilines is 2. The van der Waals surface area contributed by atoms with E-state index in [0.717, 1.165) is 6.07 Å². The molecular formula is C21H20F4N4O2S. The number of hydrogen-bond acceptors (Lipinski definition) is 5. The first-order valence-electron chi connectivity index (χ1n) is 9.63. The van der Waals surface area contributed by atoms with Gasteiger partial charge in [-0.2, -0.15) is 18.4 Å². The Morgan fingerprint density at radius 2 is 1.94 bits per heavy atom. The van der Waals surface area contributed by atoms with E-state index in [4.69, 9.17) is 0 Å². The van der Waals surface area contributed by atoms with Gasteiger partial charge >= 0.3 is 6.18 Å². The molecule has 0 N–H and O–H groups in total. The highest BCUT2D eigenvalue weighted by Gasteiger charge is 2.43. The Hall–Kier alpha value is -3.00. The highest BCUT2D eigenvalue weighted by molar-refractivity contribution is 7.85. The summed E-state index contributed by atoms with van der Waals surface area (Å²) in [5.74, 6) is -1.72. The molecule has 0 bridgehead atoms. The fraction of sp³-hybridized carbons (Fsp3) is 0.381. The van der Waals surface area contributed by atoms with Crippen LogP contribution in [0.5, 0.6) is 0 Å². The quantitative estimate of drug-likeness (QED) is 0.639. The second-order valence-electron chi connectivity index (χ2n) is 7.62. The minimum absolute atomic E-state index is 0.00876. The highest BCUT2D eigenvalue weighted by atomic mass is 32.2. The molecule has 1 saturated heterocycles. The van der Waals surface area contributed by atoms with E-state index < -0.39 is 45.9 Å². The zero-order valence-corrected chi connectivity index (χ0v) is 18.3. The van der Waals surface area contributed by atoms with E-state index in [1.165, 1.54) is 41.0 Å². The molecule has 1 aliphatic heterocycles. The maximum absolute atomic E-state index is 13.5. The van der Waals surface area contributed by atoms with E-state index in [1.54, 1.807) is 19.9 Å². The van der Waals surface area contributed by atoms with Crippen molar-refractivity contribution in [3.63, 3.8) is 0 Å². The Kier molecular flexibility index (Phi) is 6.55. The monoisotopic (exact) mass is 468 g/mol. The van der Waals surface area contributed by atoms with Gasteiger partial charge in [0.1, 0.15) is 29.3 Å². The number of nitrogens with zero attached hydrogens (tertiary/aromatic N) is 4. The summed E-state index contributed by atoms with van der Waals surface area (Å²) >= 11 is 0. The van der Waals surface area contributed by atoms with Crippen LogP contribution < -0.4 is 9.80 Å². The number of halogens is 4. The van der Waals surface area contributed by atoms with Crippen LogP contribution in [0, 0.1) is 24.1 Å². The summed E-state index contributed by atoms with van der Waals surface area (Å²) in [5, 5.41) is 9.48. The van der Waals surface area contributed by atoms with Crippen LogP contribution in [0.1, 0.15) is 30.7 Å². The average molecular weight is 468 g/mol. The second kappa shape index (κ2) is 8.86. The van der Waals surface area contributed by atoms with Crippen molar-refractivity contribution >= 4 is 28.2 Å². The van der Waals surface area contributed by atoms with Gasteiger partial charge in [0.25, 0.3) is 5.91 Å². The standard InChI is InChI=1S/C21H20F4N4O2S/c1-12(2)29(15-6-4-14(22)5-7-15)20(30)18-10-32(31)11-28(18)19-16(9-26)17(21(23,24)25)8-13(3)27-19/h4-8,12,18H,10-11H2,1-3H3/t18-,32?/m1/s1. The Labute approximate surface area is 184 Å². The molecule has 0 saturated carbocycles. The lowest BCUT2D eigenvalue weighted by molar-refractivity contribution is -0.137. The van der Waals surface area contributed by atoms with Crippen LogP contribution in [0.15, 0.2) is 30.3 Å². The number of benzene rings is 1. The Balaban J connectivity index is 2.10. The molecule has 2 aromatic rings. The molecule has 0 aliphatic carbocycles. The summed E-state index contributed by atoms with van der Waals surface area (Å²) in [4.78, 5) is 20.2. The van der Waals surface area contributed by atoms with Crippen molar-refractivity contribution in [3.05, 3.63) is 53.0 Å². The fourth-order valence-electron chi connectivity index (χ4n) is 3.62. The van der Waals surface area contributed by atoms with E-state index in [0.29, 0.717) is 5.69 Å². The Bertz CT molecular complexity index is 1100. The molecule has 1 unspecified atom stereocenters. The van der Waals surface area contributed by atoms with E-state index in [1.807, 2.05) is 0 Å². The number of hydrogen-bond donors (Lipinski definition) is 0. The summed E-state index contributed by atoms with van der Waals surface area (Å²) in [7, 11) is -1.55. The van der Waals surface area contributed by atoms with Crippen molar-refractivity contribution < 1.29 is 26.6 Å². The smallest absolute Gasteiger partial charge is 0.331 e. The normalized spacial score (nSPS) is 18.7. The molecule has 11 heteroatoms. The van der Waals surface area contributed by atoms with Gasteiger partial charge in [-0.3, -0.25) is 9.00 Å². The zero-order valence-electron chi connectivity index (χ0n) is 17.5. The Morgan fingerprint density at radius 1 is 1.31 bits per heavy atom. The van der Waals surface area contributed by atoms with E-state index in [-0.39, 0.29) is 29.2 Å². The van der Waals surface area contributed by atoms with Crippen LogP contribution >= 0.6 is 0 Å². The van der Waals surface area contributed by atoms with Crippen LogP contribution in [0.3, 0.4) is 0 Å². The number of amides is 1. The van der Waals surface area contributed by atoms with Gasteiger partial charge in [-0.05, 0) is 51.1 Å². The number of nitriles is 1. The van der Waals surface area contributed by atoms with Gasteiger partial charge in [0.2, 0.25) is 0 Å². The van der Waals surface area contributed by atoms with Gasteiger partial charge in [0, 0.05) is 28.2 Å². The lowest BCUT2D eigenvalue weighted by Gasteiger charge is -2.33. The number of alkyl halides is 3. The number of aryl methyl sites for hydroxylation is 1. The molecular weight excluding hydrogens is 448 g/mol. The molecule has 170 valence electrons. The molecule has 2 heterocycles. The molecule has 0 spiro atoms. The topological polar surface area (TPSA) is 77.3 Å². The highest BCUT2D eigenvalue weighted by Crippen LogP contribution is 2.37. The van der Waals surface area contributed by atoms with Crippen molar-refractivity contribution in [2.75, 3.05) is 21.4 Å². The molecule has 2 atom stereocenters. The lowest BCUT2D eigenvalue weighted by atomic mass is 10.1. The van der Waals surface area contributed by atoms with Crippen molar-refractivity contribution in [1.82, 2.24) is 4.98 Å². The number of aromatic nitrogens is 1. The largest absolute Gasteiger partial charge is 0.417 e. The fourth-order valence-corrected chi connectivity index (χ4v) is 5.01. The molecule has 32 heavy (non-hydrogen) atoms. The SMILES string of the molecule is Cc1cc(C(F)(F)F)c(C#N)c(N2CS(=O)C[C@@H]2C(=O)N(c2ccc(F)cc2)C(C)C)n1. The predicted molar refractivity (Wildman–Crippen MR) is 112 cm³/mol. The van der Waals surface area contributed by atoms with Gasteiger partial charge in [-0.25, -0.2) is 9.37 Å². The molecule has 6 nitrogen and oxygen atoms in total. The third-order valence-corrected chi connectivity index (χ3v) is 6.22. The van der Waals surface area contributed by atoms with Crippen LogP contribution in [0.2, 0.25) is 0 Å². The molecule has 0 radical (unpaired) electrons. The van der Waals surface area contributed by atoms with Crippen molar-refractivity contribution in [3.8, 4) is 6.07 Å². The molecule has 1 aromatic carbocycles. The number of carbonyl (C=O) groups is 1. The zero-order chi connectivity index (χ0) is 23.8. The average Bonchev–Trinajstić information content (AvgIpc) is 3.09. The van der Waals surface area contributed by atoms with E-state index in [2.05, 4.69) is 4.98 Å². The summed E-state index contributed by atoms with van der Waals surface area (Å²) in [6, 6.07) is 6.04. The van der Waals surface area contributed by atoms with Crippen LogP contribution in [-0.4, -0.2) is 38.8 Å². The van der Waals surface area contributed by atoms with Crippen molar-refractivity contribution in [2.45, 2.75) is 39.0 Å². The van der Waals surface area contributed by atoms with Gasteiger partial charge < -0.3 is 9.80 Å². The van der Waals surface area contributed by atoms with Gasteiger partial charge in [-0.1, -0.05) is 0 Å². The van der Waals surface area contributed by atoms with Gasteiger partial charge in [0.05, 0.1) is 17.2 Å². The van der Waals surface area contributed by atoms with Crippen LogP contribution in [0.25, 0.3) is 0 Å². The van der Waals surface area contributed by atoms with E-state index in [9.17, 15) is 31.8 Å². The maximum atomic E-state index is 13.5. The van der Waals surface area contributed by atoms with Gasteiger partial charge in [-0.15, -0.1) is 0 Å². The molecule has 1 aliphatic rings. The summed E-state index contributed by atoms with van der Waals surface area (Å²) in [6.45, 7) is 4.80. The first-order valence-corrected chi connectivity index (χ1v) is 11.1. The Morgan fingerprint density at radius 3 is 2.47 bits per heavy atom. The minimum Gasteiger partial charge on any atom is -0.331 e. The number of rotatable bonds is 4. The number of pyridine rings is 1. The van der Waals surface area contributed by atoms with Gasteiger partial charge in [0.15, 0.2) is 0 Å². The number of carbonyl (C=O) groups excluding carboxylic acids is 1. The van der Waals surface area contributed by atoms with Crippen LogP contribution in [-0.2, 0) is 21.8 Å². The molecule has 1 fully saturated rings. The third kappa shape index (κ3) is 4.60. The first-order chi connectivity index (χ1) is 14.9. The summed E-state index contributed by atoms with van der Waals surface area (Å²) in [6.07, 6.45) is -4.80. The maximum Gasteiger partial charge on any atom is 0.417 e. The summed E-state index contributed by atoms with van der Waals surface area (Å²) in [5.41, 5.74) is -1.49. The minimum atomic E-state index is -4.80. The van der Waals surface area contributed by atoms with Crippen molar-refractivity contribution in [2.24, 2.45) is 0 Å². The van der Waals surface area contributed by atoms with E-state index >= 15 is 0 Å². The lowest BCUT2D eigenvalue weighted by Crippen LogP contribution is -2.50. The first kappa shape index (κ1) is 23.7.